The van der Waals surface area contributed by atoms with Crippen LogP contribution in [0.5, 0.6) is 0 Å². The summed E-state index contributed by atoms with van der Waals surface area (Å²) in [6, 6.07) is 4.71. The number of rotatable bonds is 5. The van der Waals surface area contributed by atoms with Crippen molar-refractivity contribution in [1.29, 1.82) is 0 Å². The third kappa shape index (κ3) is 4.46. The van der Waals surface area contributed by atoms with E-state index in [9.17, 15) is 13.2 Å². The molecule has 5 nitrogen and oxygen atoms in total. The molecule has 0 aromatic heterocycles. The Labute approximate surface area is 127 Å². The third-order valence-electron chi connectivity index (χ3n) is 3.12. The van der Waals surface area contributed by atoms with Gasteiger partial charge in [0.25, 0.3) is 0 Å². The van der Waals surface area contributed by atoms with Crippen LogP contribution in [-0.2, 0) is 14.8 Å². The SMILES string of the molecule is Cc1ccc(C)c(N([C@@H](C)C(=O)NC(C)C)S(C)(=O)=O)c1. The number of carbonyl (C=O) groups excluding carboxylic acids is 1. The van der Waals surface area contributed by atoms with Gasteiger partial charge in [-0.3, -0.25) is 9.10 Å². The van der Waals surface area contributed by atoms with Gasteiger partial charge in [-0.05, 0) is 51.8 Å². The van der Waals surface area contributed by atoms with Crippen LogP contribution in [0.25, 0.3) is 0 Å². The molecule has 0 saturated heterocycles. The lowest BCUT2D eigenvalue weighted by atomic mass is 10.1. The Hall–Kier alpha value is -1.56. The van der Waals surface area contributed by atoms with Crippen LogP contribution in [0, 0.1) is 13.8 Å². The normalized spacial score (nSPS) is 13.1. The predicted octanol–water partition coefficient (Wildman–Crippen LogP) is 1.98. The average molecular weight is 312 g/mol. The van der Waals surface area contributed by atoms with E-state index >= 15 is 0 Å². The lowest BCUT2D eigenvalue weighted by molar-refractivity contribution is -0.122. The summed E-state index contributed by atoms with van der Waals surface area (Å²) < 4.78 is 25.5. The average Bonchev–Trinajstić information content (AvgIpc) is 2.31. The Kier molecular flexibility index (Phi) is 5.39. The Balaban J connectivity index is 3.31. The molecule has 6 heteroatoms. The van der Waals surface area contributed by atoms with Gasteiger partial charge >= 0.3 is 0 Å². The molecule has 0 bridgehead atoms. The molecule has 0 heterocycles. The van der Waals surface area contributed by atoms with Crippen molar-refractivity contribution in [3.63, 3.8) is 0 Å². The molecule has 0 unspecified atom stereocenters. The van der Waals surface area contributed by atoms with Crippen molar-refractivity contribution in [1.82, 2.24) is 5.32 Å². The van der Waals surface area contributed by atoms with Gasteiger partial charge in [0, 0.05) is 6.04 Å². The highest BCUT2D eigenvalue weighted by Crippen LogP contribution is 2.26. The van der Waals surface area contributed by atoms with E-state index in [0.29, 0.717) is 5.69 Å². The number of benzene rings is 1. The van der Waals surface area contributed by atoms with Crippen LogP contribution in [0.15, 0.2) is 18.2 Å². The summed E-state index contributed by atoms with van der Waals surface area (Å²) in [5.41, 5.74) is 2.31. The second-order valence-corrected chi connectivity index (χ2v) is 7.55. The molecule has 0 fully saturated rings. The number of nitrogens with one attached hydrogen (secondary N) is 1. The molecule has 1 aromatic carbocycles. The second kappa shape index (κ2) is 6.47. The zero-order valence-corrected chi connectivity index (χ0v) is 14.3. The first-order chi connectivity index (χ1) is 9.54. The first-order valence-electron chi connectivity index (χ1n) is 6.91. The first kappa shape index (κ1) is 17.5. The van der Waals surface area contributed by atoms with Crippen molar-refractivity contribution in [3.05, 3.63) is 29.3 Å². The molecule has 1 rings (SSSR count). The minimum absolute atomic E-state index is 0.0417. The van der Waals surface area contributed by atoms with Crippen molar-refractivity contribution in [2.24, 2.45) is 0 Å². The van der Waals surface area contributed by atoms with Crippen molar-refractivity contribution in [3.8, 4) is 0 Å². The number of aryl methyl sites for hydroxylation is 2. The van der Waals surface area contributed by atoms with Gasteiger partial charge in [-0.25, -0.2) is 8.42 Å². The molecular weight excluding hydrogens is 288 g/mol. The number of amides is 1. The van der Waals surface area contributed by atoms with Gasteiger partial charge < -0.3 is 5.32 Å². The molecule has 21 heavy (non-hydrogen) atoms. The summed E-state index contributed by atoms with van der Waals surface area (Å²) >= 11 is 0. The first-order valence-corrected chi connectivity index (χ1v) is 8.76. The fourth-order valence-electron chi connectivity index (χ4n) is 2.14. The molecule has 0 spiro atoms. The summed E-state index contributed by atoms with van der Waals surface area (Å²) in [6.07, 6.45) is 1.12. The van der Waals surface area contributed by atoms with Crippen LogP contribution in [-0.4, -0.2) is 32.7 Å². The third-order valence-corrected chi connectivity index (χ3v) is 4.35. The number of sulfonamides is 1. The van der Waals surface area contributed by atoms with Gasteiger partial charge in [0.1, 0.15) is 6.04 Å². The van der Waals surface area contributed by atoms with E-state index in [0.717, 1.165) is 17.4 Å². The maximum Gasteiger partial charge on any atom is 0.243 e. The summed E-state index contributed by atoms with van der Waals surface area (Å²) in [7, 11) is -3.56. The molecular formula is C15H24N2O3S. The van der Waals surface area contributed by atoms with E-state index in [-0.39, 0.29) is 11.9 Å². The van der Waals surface area contributed by atoms with Crippen molar-refractivity contribution >= 4 is 21.6 Å². The molecule has 1 aromatic rings. The number of hydrogen-bond donors (Lipinski definition) is 1. The van der Waals surface area contributed by atoms with Gasteiger partial charge in [-0.2, -0.15) is 0 Å². The molecule has 118 valence electrons. The van der Waals surface area contributed by atoms with Crippen molar-refractivity contribution < 1.29 is 13.2 Å². The number of anilines is 1. The van der Waals surface area contributed by atoms with Crippen LogP contribution in [0.4, 0.5) is 5.69 Å². The fourth-order valence-corrected chi connectivity index (χ4v) is 3.37. The summed E-state index contributed by atoms with van der Waals surface area (Å²) in [6.45, 7) is 9.00. The summed E-state index contributed by atoms with van der Waals surface area (Å²) in [5, 5.41) is 2.75. The highest BCUT2D eigenvalue weighted by Gasteiger charge is 2.30. The van der Waals surface area contributed by atoms with Gasteiger partial charge in [0.15, 0.2) is 0 Å². The van der Waals surface area contributed by atoms with Gasteiger partial charge in [0.2, 0.25) is 15.9 Å². The van der Waals surface area contributed by atoms with Crippen LogP contribution in [0.3, 0.4) is 0 Å². The molecule has 0 radical (unpaired) electrons. The maximum absolute atomic E-state index is 12.2. The van der Waals surface area contributed by atoms with Crippen molar-refractivity contribution in [2.45, 2.75) is 46.7 Å². The van der Waals surface area contributed by atoms with Gasteiger partial charge in [0.05, 0.1) is 11.9 Å². The maximum atomic E-state index is 12.2. The molecule has 1 atom stereocenters. The molecule has 0 saturated carbocycles. The van der Waals surface area contributed by atoms with Crippen LogP contribution < -0.4 is 9.62 Å². The lowest BCUT2D eigenvalue weighted by Gasteiger charge is -2.30. The largest absolute Gasteiger partial charge is 0.352 e. The van der Waals surface area contributed by atoms with E-state index in [4.69, 9.17) is 0 Å². The summed E-state index contributed by atoms with van der Waals surface area (Å²) in [5.74, 6) is -0.309. The van der Waals surface area contributed by atoms with Crippen LogP contribution >= 0.6 is 0 Å². The zero-order valence-electron chi connectivity index (χ0n) is 13.5. The van der Waals surface area contributed by atoms with Crippen molar-refractivity contribution in [2.75, 3.05) is 10.6 Å². The highest BCUT2D eigenvalue weighted by molar-refractivity contribution is 7.92. The quantitative estimate of drug-likeness (QED) is 0.904. The van der Waals surface area contributed by atoms with E-state index < -0.39 is 16.1 Å². The number of carbonyl (C=O) groups is 1. The summed E-state index contributed by atoms with van der Waals surface area (Å²) in [4.78, 5) is 12.2. The topological polar surface area (TPSA) is 66.5 Å². The zero-order chi connectivity index (χ0) is 16.4. The molecule has 0 aliphatic carbocycles. The Morgan fingerprint density at radius 2 is 1.76 bits per heavy atom. The highest BCUT2D eigenvalue weighted by atomic mass is 32.2. The standard InChI is InChI=1S/C15H24N2O3S/c1-10(2)16-15(18)13(5)17(21(6,19)20)14-9-11(3)7-8-12(14)4/h7-10,13H,1-6H3,(H,16,18)/t13-/m0/s1. The number of nitrogens with zero attached hydrogens (tertiary/aromatic N) is 1. The molecule has 1 amide bonds. The van der Waals surface area contributed by atoms with Gasteiger partial charge in [-0.1, -0.05) is 12.1 Å². The smallest absolute Gasteiger partial charge is 0.243 e. The Morgan fingerprint density at radius 3 is 2.24 bits per heavy atom. The number of hydrogen-bond acceptors (Lipinski definition) is 3. The van der Waals surface area contributed by atoms with E-state index in [2.05, 4.69) is 5.32 Å². The minimum atomic E-state index is -3.56. The molecule has 0 aliphatic rings. The van der Waals surface area contributed by atoms with E-state index in [1.165, 1.54) is 4.31 Å². The van der Waals surface area contributed by atoms with Gasteiger partial charge in [-0.15, -0.1) is 0 Å². The predicted molar refractivity (Wildman–Crippen MR) is 86.0 cm³/mol. The Bertz CT molecular complexity index is 624. The van der Waals surface area contributed by atoms with Crippen LogP contribution in [0.2, 0.25) is 0 Å². The second-order valence-electron chi connectivity index (χ2n) is 5.69. The van der Waals surface area contributed by atoms with Crippen LogP contribution in [0.1, 0.15) is 31.9 Å². The lowest BCUT2D eigenvalue weighted by Crippen LogP contribution is -2.49. The fraction of sp³-hybridized carbons (Fsp3) is 0.533. The van der Waals surface area contributed by atoms with E-state index in [1.807, 2.05) is 39.8 Å². The monoisotopic (exact) mass is 312 g/mol. The molecule has 1 N–H and O–H groups in total. The minimum Gasteiger partial charge on any atom is -0.352 e. The molecule has 0 aliphatic heterocycles. The van der Waals surface area contributed by atoms with E-state index in [1.54, 1.807) is 13.0 Å². The Morgan fingerprint density at radius 1 is 1.19 bits per heavy atom.